The van der Waals surface area contributed by atoms with Crippen molar-refractivity contribution in [1.82, 2.24) is 15.5 Å². The lowest BCUT2D eigenvalue weighted by Crippen LogP contribution is -2.49. The number of ether oxygens (including phenoxy) is 1. The third-order valence-corrected chi connectivity index (χ3v) is 4.95. The number of likely N-dealkylation sites (tertiary alicyclic amines) is 1. The van der Waals surface area contributed by atoms with E-state index in [4.69, 9.17) is 4.74 Å². The summed E-state index contributed by atoms with van der Waals surface area (Å²) in [7, 11) is 1.84. The lowest BCUT2D eigenvalue weighted by molar-refractivity contribution is -0.0149. The third kappa shape index (κ3) is 9.09. The summed E-state index contributed by atoms with van der Waals surface area (Å²) >= 11 is 0. The van der Waals surface area contributed by atoms with Crippen LogP contribution in [-0.4, -0.2) is 48.7 Å². The summed E-state index contributed by atoms with van der Waals surface area (Å²) in [6.07, 6.45) is 2.33. The molecule has 28 heavy (non-hydrogen) atoms. The van der Waals surface area contributed by atoms with Gasteiger partial charge in [-0.05, 0) is 58.6 Å². The first kappa shape index (κ1) is 25.2. The monoisotopic (exact) mass is 502 g/mol. The average molecular weight is 502 g/mol. The van der Waals surface area contributed by atoms with Crippen LogP contribution in [0.3, 0.4) is 0 Å². The van der Waals surface area contributed by atoms with Crippen molar-refractivity contribution in [3.05, 3.63) is 35.4 Å². The van der Waals surface area contributed by atoms with E-state index in [1.165, 1.54) is 24.0 Å². The molecule has 1 saturated heterocycles. The topological polar surface area (TPSA) is 48.9 Å². The highest BCUT2D eigenvalue weighted by Gasteiger charge is 2.21. The SMILES string of the molecule is CN=C(NCc1cccc(COC(C)(C)C)c1)NC1CCN(C(C)C)CC1.I. The zero-order valence-corrected chi connectivity index (χ0v) is 20.7. The summed E-state index contributed by atoms with van der Waals surface area (Å²) in [6, 6.07) is 9.69. The zero-order valence-electron chi connectivity index (χ0n) is 18.4. The Kier molecular flexibility index (Phi) is 10.8. The maximum Gasteiger partial charge on any atom is 0.191 e. The van der Waals surface area contributed by atoms with Crippen molar-refractivity contribution in [3.8, 4) is 0 Å². The molecule has 1 aromatic carbocycles. The minimum Gasteiger partial charge on any atom is -0.371 e. The summed E-state index contributed by atoms with van der Waals surface area (Å²) in [4.78, 5) is 6.94. The van der Waals surface area contributed by atoms with Crippen LogP contribution >= 0.6 is 24.0 Å². The van der Waals surface area contributed by atoms with Crippen molar-refractivity contribution in [2.24, 2.45) is 4.99 Å². The molecular weight excluding hydrogens is 463 g/mol. The molecule has 1 aromatic rings. The fourth-order valence-corrected chi connectivity index (χ4v) is 3.26. The molecule has 1 aliphatic heterocycles. The largest absolute Gasteiger partial charge is 0.371 e. The van der Waals surface area contributed by atoms with Crippen LogP contribution in [0.15, 0.2) is 29.3 Å². The molecule has 0 radical (unpaired) electrons. The van der Waals surface area contributed by atoms with Gasteiger partial charge in [-0.25, -0.2) is 0 Å². The Bertz CT molecular complexity index is 605. The summed E-state index contributed by atoms with van der Waals surface area (Å²) in [6.45, 7) is 14.5. The van der Waals surface area contributed by atoms with Gasteiger partial charge in [-0.3, -0.25) is 4.99 Å². The van der Waals surface area contributed by atoms with Crippen molar-refractivity contribution in [2.45, 2.75) is 78.3 Å². The van der Waals surface area contributed by atoms with Gasteiger partial charge in [0.1, 0.15) is 0 Å². The predicted octanol–water partition coefficient (Wildman–Crippen LogP) is 4.16. The molecule has 5 nitrogen and oxygen atoms in total. The molecule has 0 amide bonds. The summed E-state index contributed by atoms with van der Waals surface area (Å²) in [5.74, 6) is 0.884. The fourth-order valence-electron chi connectivity index (χ4n) is 3.26. The highest BCUT2D eigenvalue weighted by molar-refractivity contribution is 14.0. The van der Waals surface area contributed by atoms with E-state index in [1.807, 2.05) is 7.05 Å². The Morgan fingerprint density at radius 3 is 2.43 bits per heavy atom. The van der Waals surface area contributed by atoms with Crippen molar-refractivity contribution in [3.63, 3.8) is 0 Å². The van der Waals surface area contributed by atoms with Crippen molar-refractivity contribution >= 4 is 29.9 Å². The number of nitrogens with one attached hydrogen (secondary N) is 2. The molecule has 1 heterocycles. The number of guanidine groups is 1. The van der Waals surface area contributed by atoms with Crippen LogP contribution in [0, 0.1) is 0 Å². The van der Waals surface area contributed by atoms with Crippen LogP contribution < -0.4 is 10.6 Å². The molecule has 0 aromatic heterocycles. The molecule has 0 saturated carbocycles. The molecule has 1 aliphatic rings. The van der Waals surface area contributed by atoms with Crippen LogP contribution in [-0.2, 0) is 17.9 Å². The summed E-state index contributed by atoms with van der Waals surface area (Å²) < 4.78 is 5.88. The van der Waals surface area contributed by atoms with Crippen LogP contribution in [0.2, 0.25) is 0 Å². The molecule has 2 rings (SSSR count). The quantitative estimate of drug-likeness (QED) is 0.349. The standard InChI is InChI=1S/C22H38N4O.HI/c1-17(2)26-12-10-20(11-13-26)25-21(23-6)24-15-18-8-7-9-19(14-18)16-27-22(3,4)5;/h7-9,14,17,20H,10-13,15-16H2,1-6H3,(H2,23,24,25);1H. The third-order valence-electron chi connectivity index (χ3n) is 4.95. The minimum absolute atomic E-state index is 0. The Morgan fingerprint density at radius 1 is 1.21 bits per heavy atom. The van der Waals surface area contributed by atoms with E-state index < -0.39 is 0 Å². The Labute approximate surface area is 188 Å². The molecule has 2 N–H and O–H groups in total. The molecule has 0 atom stereocenters. The van der Waals surface area contributed by atoms with Crippen LogP contribution in [0.5, 0.6) is 0 Å². The maximum absolute atomic E-state index is 5.88. The Morgan fingerprint density at radius 2 is 1.86 bits per heavy atom. The van der Waals surface area contributed by atoms with E-state index in [0.717, 1.165) is 25.6 Å². The molecule has 0 aliphatic carbocycles. The number of piperidine rings is 1. The van der Waals surface area contributed by atoms with E-state index in [1.54, 1.807) is 0 Å². The van der Waals surface area contributed by atoms with Gasteiger partial charge in [-0.1, -0.05) is 24.3 Å². The molecular formula is C22H39IN4O. The van der Waals surface area contributed by atoms with Crippen LogP contribution in [0.25, 0.3) is 0 Å². The summed E-state index contributed by atoms with van der Waals surface area (Å²) in [5, 5.41) is 7.03. The van der Waals surface area contributed by atoms with Crippen LogP contribution in [0.1, 0.15) is 58.6 Å². The van der Waals surface area contributed by atoms with E-state index in [0.29, 0.717) is 18.7 Å². The van der Waals surface area contributed by atoms with Gasteiger partial charge in [0.05, 0.1) is 12.2 Å². The van der Waals surface area contributed by atoms with Gasteiger partial charge in [0.15, 0.2) is 5.96 Å². The van der Waals surface area contributed by atoms with Gasteiger partial charge < -0.3 is 20.3 Å². The second-order valence-corrected chi connectivity index (χ2v) is 8.70. The van der Waals surface area contributed by atoms with E-state index >= 15 is 0 Å². The van der Waals surface area contributed by atoms with Gasteiger partial charge in [0.2, 0.25) is 0 Å². The average Bonchev–Trinajstić information content (AvgIpc) is 2.63. The maximum atomic E-state index is 5.88. The normalized spacial score (nSPS) is 16.8. The molecule has 0 unspecified atom stereocenters. The molecule has 6 heteroatoms. The van der Waals surface area contributed by atoms with Gasteiger partial charge in [-0.2, -0.15) is 0 Å². The Balaban J connectivity index is 0.00000392. The fraction of sp³-hybridized carbons (Fsp3) is 0.682. The van der Waals surface area contributed by atoms with Crippen molar-refractivity contribution < 1.29 is 4.74 Å². The van der Waals surface area contributed by atoms with Gasteiger partial charge in [0, 0.05) is 38.8 Å². The first-order valence-corrected chi connectivity index (χ1v) is 10.2. The number of nitrogens with zero attached hydrogens (tertiary/aromatic N) is 2. The van der Waals surface area contributed by atoms with Gasteiger partial charge in [-0.15, -0.1) is 24.0 Å². The zero-order chi connectivity index (χ0) is 19.9. The molecule has 0 bridgehead atoms. The van der Waals surface area contributed by atoms with E-state index in [9.17, 15) is 0 Å². The summed E-state index contributed by atoms with van der Waals surface area (Å²) in [5.41, 5.74) is 2.32. The lowest BCUT2D eigenvalue weighted by Gasteiger charge is -2.35. The molecule has 1 fully saturated rings. The highest BCUT2D eigenvalue weighted by Crippen LogP contribution is 2.14. The number of aliphatic imine (C=N–C) groups is 1. The molecule has 0 spiro atoms. The van der Waals surface area contributed by atoms with Gasteiger partial charge in [0.25, 0.3) is 0 Å². The van der Waals surface area contributed by atoms with E-state index in [2.05, 4.69) is 79.4 Å². The van der Waals surface area contributed by atoms with Crippen molar-refractivity contribution in [2.75, 3.05) is 20.1 Å². The number of benzene rings is 1. The van der Waals surface area contributed by atoms with Gasteiger partial charge >= 0.3 is 0 Å². The number of hydrogen-bond acceptors (Lipinski definition) is 3. The predicted molar refractivity (Wildman–Crippen MR) is 129 cm³/mol. The van der Waals surface area contributed by atoms with Crippen molar-refractivity contribution in [1.29, 1.82) is 0 Å². The number of rotatable bonds is 6. The number of hydrogen-bond donors (Lipinski definition) is 2. The van der Waals surface area contributed by atoms with Crippen LogP contribution in [0.4, 0.5) is 0 Å². The Hall–Kier alpha value is -0.860. The van der Waals surface area contributed by atoms with E-state index in [-0.39, 0.29) is 29.6 Å². The first-order valence-electron chi connectivity index (χ1n) is 10.2. The molecule has 160 valence electrons. The lowest BCUT2D eigenvalue weighted by atomic mass is 10.0. The smallest absolute Gasteiger partial charge is 0.191 e. The highest BCUT2D eigenvalue weighted by atomic mass is 127. The second-order valence-electron chi connectivity index (χ2n) is 8.70. The first-order chi connectivity index (χ1) is 12.8. The second kappa shape index (κ2) is 12.0. The number of halogens is 1. The minimum atomic E-state index is -0.120.